The van der Waals surface area contributed by atoms with Gasteiger partial charge in [0.15, 0.2) is 0 Å². The van der Waals surface area contributed by atoms with Crippen molar-refractivity contribution in [1.29, 1.82) is 0 Å². The smallest absolute Gasteiger partial charge is 0.286 e. The first-order valence-electron chi connectivity index (χ1n) is 8.91. The molecule has 1 aromatic rings. The molecule has 3 atom stereocenters. The molecule has 25 heavy (non-hydrogen) atoms. The Morgan fingerprint density at radius 3 is 2.68 bits per heavy atom. The molecule has 1 aliphatic heterocycles. The van der Waals surface area contributed by atoms with Crippen molar-refractivity contribution in [3.63, 3.8) is 0 Å². The van der Waals surface area contributed by atoms with Crippen LogP contribution in [0.5, 0.6) is 5.75 Å². The van der Waals surface area contributed by atoms with Gasteiger partial charge in [0.25, 0.3) is 5.24 Å². The molecule has 136 valence electrons. The van der Waals surface area contributed by atoms with Gasteiger partial charge in [0, 0.05) is 5.41 Å². The summed E-state index contributed by atoms with van der Waals surface area (Å²) in [5.41, 5.74) is 1.07. The van der Waals surface area contributed by atoms with Crippen molar-refractivity contribution in [3.05, 3.63) is 29.8 Å². The van der Waals surface area contributed by atoms with Crippen LogP contribution in [-0.4, -0.2) is 34.2 Å². The molecule has 0 aromatic heterocycles. The van der Waals surface area contributed by atoms with Crippen molar-refractivity contribution < 1.29 is 19.4 Å². The third kappa shape index (κ3) is 4.55. The zero-order valence-electron chi connectivity index (χ0n) is 14.5. The van der Waals surface area contributed by atoms with Gasteiger partial charge in [-0.05, 0) is 49.8 Å². The van der Waals surface area contributed by atoms with Crippen LogP contribution in [0.25, 0.3) is 0 Å². The van der Waals surface area contributed by atoms with E-state index in [1.807, 2.05) is 24.3 Å². The van der Waals surface area contributed by atoms with Gasteiger partial charge in [0.2, 0.25) is 5.91 Å². The Labute approximate surface area is 152 Å². The number of nitrogens with one attached hydrogen (secondary N) is 1. The molecule has 3 rings (SSSR count). The number of carbonyl (C=O) groups excluding carboxylic acids is 2. The molecule has 2 aliphatic rings. The van der Waals surface area contributed by atoms with Gasteiger partial charge in [0.1, 0.15) is 5.75 Å². The molecular weight excluding hydrogens is 338 g/mol. The molecule has 2 amide bonds. The molecular formula is C19H25NO4S. The quantitative estimate of drug-likeness (QED) is 0.811. The second kappa shape index (κ2) is 7.79. The molecule has 0 spiro atoms. The summed E-state index contributed by atoms with van der Waals surface area (Å²) in [4.78, 5) is 22.8. The first-order chi connectivity index (χ1) is 12.0. The van der Waals surface area contributed by atoms with E-state index in [0.29, 0.717) is 13.0 Å². The zero-order valence-corrected chi connectivity index (χ0v) is 15.3. The maximum absolute atomic E-state index is 11.6. The van der Waals surface area contributed by atoms with E-state index < -0.39 is 0 Å². The molecule has 1 aliphatic carbocycles. The van der Waals surface area contributed by atoms with E-state index in [1.54, 1.807) is 0 Å². The topological polar surface area (TPSA) is 75.6 Å². The lowest BCUT2D eigenvalue weighted by Gasteiger charge is -2.38. The van der Waals surface area contributed by atoms with Crippen molar-refractivity contribution in [3.8, 4) is 5.75 Å². The summed E-state index contributed by atoms with van der Waals surface area (Å²) in [5, 5.41) is 11.7. The largest absolute Gasteiger partial charge is 0.493 e. The van der Waals surface area contributed by atoms with Crippen LogP contribution in [0.1, 0.15) is 44.6 Å². The predicted octanol–water partition coefficient (Wildman–Crippen LogP) is 3.29. The van der Waals surface area contributed by atoms with Crippen molar-refractivity contribution >= 4 is 22.9 Å². The van der Waals surface area contributed by atoms with E-state index in [2.05, 4.69) is 12.2 Å². The van der Waals surface area contributed by atoms with Crippen LogP contribution in [0, 0.1) is 5.41 Å². The molecule has 2 fully saturated rings. The van der Waals surface area contributed by atoms with Crippen molar-refractivity contribution in [2.24, 2.45) is 5.41 Å². The van der Waals surface area contributed by atoms with Gasteiger partial charge < -0.3 is 9.84 Å². The summed E-state index contributed by atoms with van der Waals surface area (Å²) >= 11 is 1.05. The molecule has 1 saturated carbocycles. The van der Waals surface area contributed by atoms with E-state index in [4.69, 9.17) is 4.74 Å². The highest BCUT2D eigenvalue weighted by molar-refractivity contribution is 8.15. The Hall–Kier alpha value is -1.53. The first-order valence-corrected chi connectivity index (χ1v) is 9.79. The number of rotatable bonds is 6. The summed E-state index contributed by atoms with van der Waals surface area (Å²) in [6.07, 6.45) is 5.18. The number of hydrogen-bond acceptors (Lipinski definition) is 5. The van der Waals surface area contributed by atoms with Crippen LogP contribution in [-0.2, 0) is 11.2 Å². The predicted molar refractivity (Wildman–Crippen MR) is 97.8 cm³/mol. The number of benzene rings is 1. The van der Waals surface area contributed by atoms with Crippen LogP contribution >= 0.6 is 11.8 Å². The number of ether oxygens (including phenoxy) is 1. The van der Waals surface area contributed by atoms with Gasteiger partial charge in [-0.25, -0.2) is 0 Å². The number of carbonyl (C=O) groups is 2. The molecule has 0 radical (unpaired) electrons. The Morgan fingerprint density at radius 1 is 1.32 bits per heavy atom. The fourth-order valence-corrected chi connectivity index (χ4v) is 4.53. The van der Waals surface area contributed by atoms with Crippen LogP contribution in [0.15, 0.2) is 24.3 Å². The summed E-state index contributed by atoms with van der Waals surface area (Å²) in [5.74, 6) is 0.590. The van der Waals surface area contributed by atoms with Crippen molar-refractivity contribution in [2.75, 3.05) is 6.61 Å². The van der Waals surface area contributed by atoms with Gasteiger partial charge in [-0.1, -0.05) is 37.2 Å². The average Bonchev–Trinajstić information content (AvgIpc) is 2.91. The average molecular weight is 363 g/mol. The zero-order chi connectivity index (χ0) is 17.9. The summed E-state index contributed by atoms with van der Waals surface area (Å²) < 4.78 is 6.00. The maximum Gasteiger partial charge on any atom is 0.286 e. The minimum absolute atomic E-state index is 0.0648. The third-order valence-electron chi connectivity index (χ3n) is 5.32. The first kappa shape index (κ1) is 18.3. The fourth-order valence-electron chi connectivity index (χ4n) is 3.67. The van der Waals surface area contributed by atoms with Crippen LogP contribution < -0.4 is 10.1 Å². The summed E-state index contributed by atoms with van der Waals surface area (Å²) in [7, 11) is 0. The lowest BCUT2D eigenvalue weighted by atomic mass is 9.72. The lowest BCUT2D eigenvalue weighted by Crippen LogP contribution is -2.36. The van der Waals surface area contributed by atoms with Crippen LogP contribution in [0.3, 0.4) is 0 Å². The number of hydrogen-bond donors (Lipinski definition) is 2. The van der Waals surface area contributed by atoms with Crippen LogP contribution in [0.4, 0.5) is 4.79 Å². The SMILES string of the molecule is CCC1(COc2ccc(CC3SC(=O)NC3=O)cc2)CCCC(O)C1. The normalized spacial score (nSPS) is 29.5. The van der Waals surface area contributed by atoms with Gasteiger partial charge in [-0.3, -0.25) is 14.9 Å². The highest BCUT2D eigenvalue weighted by Gasteiger charge is 2.35. The molecule has 6 heteroatoms. The number of aliphatic hydroxyl groups excluding tert-OH is 1. The summed E-state index contributed by atoms with van der Waals surface area (Å²) in [6, 6.07) is 7.72. The highest BCUT2D eigenvalue weighted by Crippen LogP contribution is 2.39. The number of thioether (sulfide) groups is 1. The maximum atomic E-state index is 11.6. The second-order valence-corrected chi connectivity index (χ2v) is 8.30. The Kier molecular flexibility index (Phi) is 5.69. The van der Waals surface area contributed by atoms with E-state index in [1.165, 1.54) is 0 Å². The fraction of sp³-hybridized carbons (Fsp3) is 0.579. The van der Waals surface area contributed by atoms with Gasteiger partial charge in [0.05, 0.1) is 18.0 Å². The number of imide groups is 1. The Balaban J connectivity index is 1.55. The monoisotopic (exact) mass is 363 g/mol. The standard InChI is InChI=1S/C19H25NO4S/c1-2-19(9-3-4-14(21)11-19)12-24-15-7-5-13(6-8-15)10-16-17(22)20-18(23)25-16/h5-8,14,16,21H,2-4,9-12H2,1H3,(H,20,22,23). The Morgan fingerprint density at radius 2 is 2.08 bits per heavy atom. The second-order valence-electron chi connectivity index (χ2n) is 7.12. The molecule has 3 unspecified atom stereocenters. The van der Waals surface area contributed by atoms with E-state index in [0.717, 1.165) is 55.2 Å². The lowest BCUT2D eigenvalue weighted by molar-refractivity contribution is -0.118. The van der Waals surface area contributed by atoms with E-state index >= 15 is 0 Å². The highest BCUT2D eigenvalue weighted by atomic mass is 32.2. The van der Waals surface area contributed by atoms with E-state index in [9.17, 15) is 14.7 Å². The van der Waals surface area contributed by atoms with Gasteiger partial charge in [-0.2, -0.15) is 0 Å². The van der Waals surface area contributed by atoms with Crippen LogP contribution in [0.2, 0.25) is 0 Å². The number of amides is 2. The third-order valence-corrected chi connectivity index (χ3v) is 6.30. The molecule has 0 bridgehead atoms. The molecule has 1 aromatic carbocycles. The number of aliphatic hydroxyl groups is 1. The van der Waals surface area contributed by atoms with Crippen molar-refractivity contribution in [1.82, 2.24) is 5.32 Å². The van der Waals surface area contributed by atoms with E-state index in [-0.39, 0.29) is 27.9 Å². The van der Waals surface area contributed by atoms with Crippen molar-refractivity contribution in [2.45, 2.75) is 56.8 Å². The minimum Gasteiger partial charge on any atom is -0.493 e. The summed E-state index contributed by atoms with van der Waals surface area (Å²) in [6.45, 7) is 2.78. The molecule has 5 nitrogen and oxygen atoms in total. The Bertz CT molecular complexity index is 633. The molecule has 2 N–H and O–H groups in total. The molecule has 1 heterocycles. The minimum atomic E-state index is -0.341. The van der Waals surface area contributed by atoms with Gasteiger partial charge in [-0.15, -0.1) is 0 Å². The van der Waals surface area contributed by atoms with Gasteiger partial charge >= 0.3 is 0 Å². The molecule has 1 saturated heterocycles.